The number of carbonyl (C=O) groups excluding carboxylic acids is 2. The molecule has 2 heterocycles. The van der Waals surface area contributed by atoms with Crippen molar-refractivity contribution in [3.8, 4) is 0 Å². The number of ether oxygens (including phenoxy) is 4. The maximum atomic E-state index is 12.3. The highest BCUT2D eigenvalue weighted by Crippen LogP contribution is 2.17. The summed E-state index contributed by atoms with van der Waals surface area (Å²) >= 11 is -0.750. The van der Waals surface area contributed by atoms with E-state index < -0.39 is 33.3 Å². The van der Waals surface area contributed by atoms with E-state index in [9.17, 15) is 22.4 Å². The van der Waals surface area contributed by atoms with Gasteiger partial charge in [-0.15, -0.1) is 0 Å². The topological polar surface area (TPSA) is 172 Å². The van der Waals surface area contributed by atoms with Gasteiger partial charge in [0.05, 0.1) is 52.3 Å². The molecule has 0 atom stereocenters. The summed E-state index contributed by atoms with van der Waals surface area (Å²) in [5, 5.41) is 8.86. The first-order valence-electron chi connectivity index (χ1n) is 16.8. The molecule has 0 saturated carbocycles. The van der Waals surface area contributed by atoms with Crippen LogP contribution in [-0.2, 0) is 76.3 Å². The Hall–Kier alpha value is -2.38. The van der Waals surface area contributed by atoms with Gasteiger partial charge in [-0.05, 0) is 58.9 Å². The van der Waals surface area contributed by atoms with Crippen LogP contribution in [0.5, 0.6) is 0 Å². The minimum Gasteiger partial charge on any atom is -0.707 e. The number of esters is 2. The fourth-order valence-electron chi connectivity index (χ4n) is 3.29. The van der Waals surface area contributed by atoms with E-state index in [1.54, 1.807) is 0 Å². The van der Waals surface area contributed by atoms with Crippen molar-refractivity contribution >= 4 is 55.4 Å². The molecule has 2 aliphatic rings. The summed E-state index contributed by atoms with van der Waals surface area (Å²) in [6.45, 7) is 19.5. The maximum Gasteiger partial charge on any atom is 0.343 e. The van der Waals surface area contributed by atoms with E-state index in [-0.39, 0.29) is 11.4 Å². The quantitative estimate of drug-likeness (QED) is 0.173. The van der Waals surface area contributed by atoms with Crippen LogP contribution in [-0.4, -0.2) is 104 Å². The zero-order valence-electron chi connectivity index (χ0n) is 33.3. The van der Waals surface area contributed by atoms with E-state index in [1.807, 2.05) is 48.5 Å². The molecule has 0 aromatic heterocycles. The Morgan fingerprint density at radius 2 is 0.962 bits per heavy atom. The first kappa shape index (κ1) is 57.3. The first-order valence-corrected chi connectivity index (χ1v) is 22.4. The average Bonchev–Trinajstić information content (AvgIpc) is 3.17. The van der Waals surface area contributed by atoms with E-state index >= 15 is 0 Å². The van der Waals surface area contributed by atoms with Gasteiger partial charge in [-0.1, -0.05) is 64.1 Å². The normalized spacial score (nSPS) is 13.8. The van der Waals surface area contributed by atoms with Gasteiger partial charge in [0.15, 0.2) is 9.79 Å². The predicted molar refractivity (Wildman–Crippen MR) is 211 cm³/mol. The molecule has 0 unspecified atom stereocenters. The zero-order chi connectivity index (χ0) is 41.9. The maximum absolute atomic E-state index is 12.3. The Bertz CT molecular complexity index is 1210. The summed E-state index contributed by atoms with van der Waals surface area (Å²) in [6.07, 6.45) is 0.681. The van der Waals surface area contributed by atoms with Crippen LogP contribution in [0.4, 0.5) is 4.39 Å². The highest BCUT2D eigenvalue weighted by molar-refractivity contribution is 7.97. The lowest BCUT2D eigenvalue weighted by Crippen LogP contribution is -2.26. The van der Waals surface area contributed by atoms with Gasteiger partial charge < -0.3 is 28.5 Å². The van der Waals surface area contributed by atoms with Crippen molar-refractivity contribution in [3.05, 3.63) is 60.7 Å². The van der Waals surface area contributed by atoms with Crippen LogP contribution in [0.25, 0.3) is 0 Å². The number of carbonyl (C=O) groups is 2. The molecule has 0 aliphatic carbocycles. The second-order valence-corrected chi connectivity index (χ2v) is 17.4. The lowest BCUT2D eigenvalue weighted by Gasteiger charge is -2.13. The Kier molecular flexibility index (Phi) is 38.2. The SMILES string of the molecule is CC.CC.COC(=O)C(C)(C)C.COC(=O)C(C)(C)F.CS(=O)(=O)O[O-].O=S=O.c1ccc([S+]2CCOCC2)cc1.c1ccc([S+]2CCOCC2)cc1. The molecule has 0 N–H and O–H groups in total. The predicted octanol–water partition coefficient (Wildman–Crippen LogP) is 5.12. The van der Waals surface area contributed by atoms with Gasteiger partial charge in [0.1, 0.15) is 23.0 Å². The van der Waals surface area contributed by atoms with Crippen molar-refractivity contribution in [1.82, 2.24) is 0 Å². The summed E-state index contributed by atoms with van der Waals surface area (Å²) in [7, 11) is -0.231. The summed E-state index contributed by atoms with van der Waals surface area (Å²) in [6, 6.07) is 21.6. The lowest BCUT2D eigenvalue weighted by molar-refractivity contribution is -0.634. The lowest BCUT2D eigenvalue weighted by atomic mass is 9.98. The number of halogens is 1. The molecule has 0 amide bonds. The van der Waals surface area contributed by atoms with Gasteiger partial charge in [0.25, 0.3) is 10.1 Å². The number of hydrogen-bond donors (Lipinski definition) is 0. The fourth-order valence-corrected chi connectivity index (χ4v) is 7.00. The van der Waals surface area contributed by atoms with Gasteiger partial charge in [-0.2, -0.15) is 8.42 Å². The summed E-state index contributed by atoms with van der Waals surface area (Å²) in [4.78, 5) is 23.8. The molecule has 0 radical (unpaired) electrons. The molecule has 2 aliphatic heterocycles. The molecule has 0 spiro atoms. The van der Waals surface area contributed by atoms with Gasteiger partial charge in [0, 0.05) is 21.8 Å². The Labute approximate surface area is 327 Å². The molecular formula is C36H62FO12S4+. The molecule has 0 bridgehead atoms. The number of alkyl halides is 1. The van der Waals surface area contributed by atoms with Crippen LogP contribution < -0.4 is 5.26 Å². The van der Waals surface area contributed by atoms with Crippen molar-refractivity contribution < 1.29 is 59.4 Å². The summed E-state index contributed by atoms with van der Waals surface area (Å²) in [5.41, 5.74) is -2.20. The smallest absolute Gasteiger partial charge is 0.343 e. The molecule has 2 aromatic rings. The van der Waals surface area contributed by atoms with Crippen molar-refractivity contribution in [1.29, 1.82) is 0 Å². The number of methoxy groups -OCH3 is 2. The van der Waals surface area contributed by atoms with Crippen LogP contribution in [0.2, 0.25) is 0 Å². The monoisotopic (exact) mass is 833 g/mol. The second-order valence-electron chi connectivity index (χ2n) is 11.2. The number of hydrogen-bond acceptors (Lipinski definition) is 12. The van der Waals surface area contributed by atoms with Gasteiger partial charge >= 0.3 is 23.5 Å². The van der Waals surface area contributed by atoms with E-state index in [4.69, 9.17) is 23.1 Å². The Morgan fingerprint density at radius 3 is 1.11 bits per heavy atom. The molecule has 4 rings (SSSR count). The third kappa shape index (κ3) is 35.1. The molecular weight excluding hydrogens is 772 g/mol. The molecule has 2 aromatic carbocycles. The average molecular weight is 834 g/mol. The van der Waals surface area contributed by atoms with Crippen LogP contribution >= 0.6 is 0 Å². The number of benzene rings is 2. The van der Waals surface area contributed by atoms with E-state index in [1.165, 1.54) is 39.9 Å². The molecule has 53 heavy (non-hydrogen) atoms. The van der Waals surface area contributed by atoms with E-state index in [2.05, 4.69) is 74.5 Å². The van der Waals surface area contributed by atoms with E-state index in [0.29, 0.717) is 28.0 Å². The highest BCUT2D eigenvalue weighted by Gasteiger charge is 2.27. The standard InChI is InChI=1S/2C10H13OS.C6H12O2.C5H9FO2.2C2H6.CH4O4S.O2S/c2*1-2-4-10(5-3-1)12-8-6-11-7-9-12;1-6(2,3)5(7)8-4;1-5(2,6)4(7)8-3;2*1-2;1-6(3,4)5-2;1-3-2/h2*1-5H,6-9H2;1-4H3;1-3H3;2*1-2H3;2H,1H3;/q2*+1;;;;;;/p-1. The zero-order valence-corrected chi connectivity index (χ0v) is 36.6. The van der Waals surface area contributed by atoms with Crippen LogP contribution in [0.1, 0.15) is 62.3 Å². The minimum absolute atomic E-state index is 0.169. The number of rotatable bonds is 4. The third-order valence-corrected chi connectivity index (χ3v) is 10.4. The fraction of sp³-hybridized carbons (Fsp3) is 0.611. The Morgan fingerprint density at radius 1 is 0.698 bits per heavy atom. The van der Waals surface area contributed by atoms with Crippen molar-refractivity contribution in [2.45, 2.75) is 77.8 Å². The van der Waals surface area contributed by atoms with Crippen molar-refractivity contribution in [2.75, 3.05) is 69.9 Å². The van der Waals surface area contributed by atoms with Crippen molar-refractivity contribution in [3.63, 3.8) is 0 Å². The van der Waals surface area contributed by atoms with Crippen LogP contribution in [0, 0.1) is 5.41 Å². The summed E-state index contributed by atoms with van der Waals surface area (Å²) in [5.74, 6) is 3.84. The highest BCUT2D eigenvalue weighted by atomic mass is 32.2. The minimum atomic E-state index is -3.72. The largest absolute Gasteiger partial charge is 0.707 e. The summed E-state index contributed by atoms with van der Waals surface area (Å²) < 4.78 is 69.7. The Balaban J connectivity index is -0.000000277. The van der Waals surface area contributed by atoms with Gasteiger partial charge in [0.2, 0.25) is 5.67 Å². The van der Waals surface area contributed by atoms with Gasteiger partial charge in [-0.25, -0.2) is 17.6 Å². The van der Waals surface area contributed by atoms with Gasteiger partial charge in [-0.3, -0.25) is 4.79 Å². The molecule has 2 fully saturated rings. The molecule has 17 heteroatoms. The third-order valence-electron chi connectivity index (χ3n) is 5.64. The van der Waals surface area contributed by atoms with Crippen LogP contribution in [0.3, 0.4) is 0 Å². The van der Waals surface area contributed by atoms with Crippen molar-refractivity contribution in [2.24, 2.45) is 5.41 Å². The molecule has 2 saturated heterocycles. The van der Waals surface area contributed by atoms with Crippen LogP contribution in [0.15, 0.2) is 70.5 Å². The molecule has 12 nitrogen and oxygen atoms in total. The second kappa shape index (κ2) is 35.3. The first-order chi connectivity index (χ1) is 24.9. The van der Waals surface area contributed by atoms with E-state index in [0.717, 1.165) is 47.4 Å². The molecule has 308 valence electrons.